The van der Waals surface area contributed by atoms with Gasteiger partial charge in [0.1, 0.15) is 11.6 Å². The van der Waals surface area contributed by atoms with Crippen LogP contribution in [0.2, 0.25) is 0 Å². The Bertz CT molecular complexity index is 632. The molecule has 6 nitrogen and oxygen atoms in total. The Kier molecular flexibility index (Phi) is 5.59. The van der Waals surface area contributed by atoms with Crippen molar-refractivity contribution in [2.75, 3.05) is 18.5 Å². The summed E-state index contributed by atoms with van der Waals surface area (Å²) in [6, 6.07) is 1.49. The second-order valence-electron chi connectivity index (χ2n) is 4.30. The molecule has 1 unspecified atom stereocenters. The smallest absolute Gasteiger partial charge is 0.394 e. The molecule has 11 heteroatoms. The van der Waals surface area contributed by atoms with Crippen LogP contribution in [0.3, 0.4) is 0 Å². The molecule has 1 atom stereocenters. The number of aliphatic hydroxyl groups excluding tert-OH is 2. The van der Waals surface area contributed by atoms with Gasteiger partial charge < -0.3 is 19.7 Å². The number of hydrogen-bond donors (Lipinski definition) is 3. The first kappa shape index (κ1) is 18.5. The van der Waals surface area contributed by atoms with Gasteiger partial charge in [0.05, 0.1) is 18.4 Å². The topological polar surface area (TPSA) is 95.9 Å². The predicted molar refractivity (Wildman–Crippen MR) is 68.3 cm³/mol. The Hall–Kier alpha value is -1.59. The largest absolute Gasteiger partial charge is 0.534 e. The third-order valence-corrected chi connectivity index (χ3v) is 3.45. The highest BCUT2D eigenvalue weighted by Gasteiger charge is 2.48. The monoisotopic (exact) mass is 347 g/mol. The maximum atomic E-state index is 13.6. The molecule has 0 radical (unpaired) electrons. The average Bonchev–Trinajstić information content (AvgIpc) is 2.38. The highest BCUT2D eigenvalue weighted by Crippen LogP contribution is 2.31. The van der Waals surface area contributed by atoms with E-state index in [0.29, 0.717) is 0 Å². The van der Waals surface area contributed by atoms with Gasteiger partial charge >= 0.3 is 15.6 Å². The summed E-state index contributed by atoms with van der Waals surface area (Å²) in [7, 11) is -5.88. The van der Waals surface area contributed by atoms with Crippen molar-refractivity contribution in [2.24, 2.45) is 0 Å². The zero-order chi connectivity index (χ0) is 17.1. The molecule has 0 fully saturated rings. The van der Waals surface area contributed by atoms with Gasteiger partial charge in [0, 0.05) is 12.6 Å². The predicted octanol–water partition coefficient (Wildman–Crippen LogP) is 1.13. The molecule has 22 heavy (non-hydrogen) atoms. The fourth-order valence-electron chi connectivity index (χ4n) is 1.34. The lowest BCUT2D eigenvalue weighted by atomic mass is 10.2. The molecule has 0 bridgehead atoms. The maximum absolute atomic E-state index is 13.6. The summed E-state index contributed by atoms with van der Waals surface area (Å²) in [6.45, 7) is 0.241. The molecule has 126 valence electrons. The SMILES string of the molecule is Cc1cc(F)c(NCC(O)CO)cc1OS(=O)(=O)C(F)(F)F. The van der Waals surface area contributed by atoms with Gasteiger partial charge in [0.15, 0.2) is 0 Å². The first-order valence-electron chi connectivity index (χ1n) is 5.81. The summed E-state index contributed by atoms with van der Waals surface area (Å²) in [5, 5.41) is 20.0. The summed E-state index contributed by atoms with van der Waals surface area (Å²) < 4.78 is 76.3. The zero-order valence-electron chi connectivity index (χ0n) is 11.2. The van der Waals surface area contributed by atoms with Crippen molar-refractivity contribution in [2.45, 2.75) is 18.5 Å². The lowest BCUT2D eigenvalue weighted by Gasteiger charge is -2.15. The number of benzene rings is 1. The molecule has 1 aromatic carbocycles. The molecule has 1 rings (SSSR count). The van der Waals surface area contributed by atoms with Gasteiger partial charge in [0.2, 0.25) is 0 Å². The van der Waals surface area contributed by atoms with Crippen LogP contribution in [-0.2, 0) is 10.1 Å². The number of anilines is 1. The second-order valence-corrected chi connectivity index (χ2v) is 5.84. The number of halogens is 4. The number of aryl methyl sites for hydroxylation is 1. The Morgan fingerprint density at radius 1 is 1.36 bits per heavy atom. The minimum Gasteiger partial charge on any atom is -0.394 e. The van der Waals surface area contributed by atoms with Gasteiger partial charge in [0.25, 0.3) is 0 Å². The molecule has 0 amide bonds. The minimum atomic E-state index is -5.88. The fraction of sp³-hybridized carbons (Fsp3) is 0.455. The number of rotatable bonds is 6. The Morgan fingerprint density at radius 2 is 1.95 bits per heavy atom. The molecular formula is C11H13F4NO5S. The highest BCUT2D eigenvalue weighted by atomic mass is 32.2. The lowest BCUT2D eigenvalue weighted by Crippen LogP contribution is -2.28. The Morgan fingerprint density at radius 3 is 2.45 bits per heavy atom. The first-order valence-corrected chi connectivity index (χ1v) is 7.22. The molecule has 0 saturated carbocycles. The molecule has 0 aliphatic carbocycles. The highest BCUT2D eigenvalue weighted by molar-refractivity contribution is 7.88. The van der Waals surface area contributed by atoms with Crippen LogP contribution in [0.4, 0.5) is 23.2 Å². The number of nitrogens with one attached hydrogen (secondary N) is 1. The maximum Gasteiger partial charge on any atom is 0.534 e. The molecule has 0 aromatic heterocycles. The quantitative estimate of drug-likeness (QED) is 0.406. The molecule has 0 aliphatic heterocycles. The van der Waals surface area contributed by atoms with Crippen LogP contribution in [0, 0.1) is 12.7 Å². The molecule has 0 heterocycles. The third-order valence-electron chi connectivity index (χ3n) is 2.49. The van der Waals surface area contributed by atoms with Crippen LogP contribution in [0.15, 0.2) is 12.1 Å². The molecular weight excluding hydrogens is 334 g/mol. The third kappa shape index (κ3) is 4.45. The van der Waals surface area contributed by atoms with Gasteiger partial charge in [-0.2, -0.15) is 21.6 Å². The number of alkyl halides is 3. The Labute approximate surface area is 123 Å². The molecule has 3 N–H and O–H groups in total. The van der Waals surface area contributed by atoms with Gasteiger partial charge in [-0.1, -0.05) is 0 Å². The van der Waals surface area contributed by atoms with Gasteiger partial charge in [-0.3, -0.25) is 0 Å². The standard InChI is InChI=1S/C11H13F4NO5S/c1-6-2-8(12)9(16-4-7(18)5-17)3-10(6)21-22(19,20)11(13,14)15/h2-3,7,16-18H,4-5H2,1H3. The van der Waals surface area contributed by atoms with E-state index < -0.39 is 39.9 Å². The lowest BCUT2D eigenvalue weighted by molar-refractivity contribution is -0.0500. The first-order chi connectivity index (χ1) is 9.98. The van der Waals surface area contributed by atoms with Gasteiger partial charge in [-0.15, -0.1) is 0 Å². The van der Waals surface area contributed by atoms with E-state index in [0.717, 1.165) is 19.1 Å². The van der Waals surface area contributed by atoms with Gasteiger partial charge in [-0.05, 0) is 18.6 Å². The summed E-state index contributed by atoms with van der Waals surface area (Å²) in [6.07, 6.45) is -1.23. The number of aliphatic hydroxyl groups is 2. The van der Waals surface area contributed by atoms with Crippen molar-refractivity contribution in [1.29, 1.82) is 0 Å². The Balaban J connectivity index is 3.07. The van der Waals surface area contributed by atoms with E-state index in [9.17, 15) is 26.0 Å². The van der Waals surface area contributed by atoms with Crippen molar-refractivity contribution in [3.8, 4) is 5.75 Å². The second kappa shape index (κ2) is 6.67. The normalized spacial score (nSPS) is 13.8. The summed E-state index contributed by atoms with van der Waals surface area (Å²) in [4.78, 5) is 0. The summed E-state index contributed by atoms with van der Waals surface area (Å²) >= 11 is 0. The molecule has 0 spiro atoms. The van der Waals surface area contributed by atoms with Crippen LogP contribution in [0.5, 0.6) is 5.75 Å². The van der Waals surface area contributed by atoms with E-state index in [-0.39, 0.29) is 17.8 Å². The number of hydrogen-bond acceptors (Lipinski definition) is 6. The zero-order valence-corrected chi connectivity index (χ0v) is 12.0. The van der Waals surface area contributed by atoms with Crippen molar-refractivity contribution in [3.05, 3.63) is 23.5 Å². The van der Waals surface area contributed by atoms with Crippen molar-refractivity contribution in [3.63, 3.8) is 0 Å². The van der Waals surface area contributed by atoms with Gasteiger partial charge in [-0.25, -0.2) is 4.39 Å². The fourth-order valence-corrected chi connectivity index (χ4v) is 1.85. The van der Waals surface area contributed by atoms with E-state index >= 15 is 0 Å². The van der Waals surface area contributed by atoms with E-state index in [1.54, 1.807) is 0 Å². The molecule has 1 aromatic rings. The van der Waals surface area contributed by atoms with Crippen molar-refractivity contribution in [1.82, 2.24) is 0 Å². The van der Waals surface area contributed by atoms with Crippen molar-refractivity contribution >= 4 is 15.8 Å². The van der Waals surface area contributed by atoms with E-state index in [2.05, 4.69) is 9.50 Å². The van der Waals surface area contributed by atoms with Crippen LogP contribution >= 0.6 is 0 Å². The summed E-state index contributed by atoms with van der Waals surface area (Å²) in [5.41, 5.74) is -6.17. The van der Waals surface area contributed by atoms with Crippen LogP contribution < -0.4 is 9.50 Å². The van der Waals surface area contributed by atoms with Crippen LogP contribution in [-0.4, -0.2) is 43.4 Å². The molecule has 0 saturated heterocycles. The molecule has 0 aliphatic rings. The van der Waals surface area contributed by atoms with E-state index in [1.807, 2.05) is 0 Å². The minimum absolute atomic E-state index is 0.168. The van der Waals surface area contributed by atoms with E-state index in [4.69, 9.17) is 10.2 Å². The van der Waals surface area contributed by atoms with Crippen molar-refractivity contribution < 1.29 is 40.4 Å². The average molecular weight is 347 g/mol. The van der Waals surface area contributed by atoms with Crippen LogP contribution in [0.1, 0.15) is 5.56 Å². The van der Waals surface area contributed by atoms with Crippen LogP contribution in [0.25, 0.3) is 0 Å². The van der Waals surface area contributed by atoms with E-state index in [1.165, 1.54) is 0 Å². The summed E-state index contributed by atoms with van der Waals surface area (Å²) in [5.74, 6) is -1.60.